The highest BCUT2D eigenvalue weighted by molar-refractivity contribution is 5.97. The Balaban J connectivity index is 1.78. The second kappa shape index (κ2) is 10.9. The van der Waals surface area contributed by atoms with Crippen LogP contribution < -0.4 is 21.1 Å². The number of amides is 1. The highest BCUT2D eigenvalue weighted by atomic mass is 19.1. The van der Waals surface area contributed by atoms with Gasteiger partial charge in [0.1, 0.15) is 0 Å². The Labute approximate surface area is 182 Å². The topological polar surface area (TPSA) is 85.6 Å². The highest BCUT2D eigenvalue weighted by Crippen LogP contribution is 2.30. The molecule has 1 aliphatic rings. The maximum atomic E-state index is 15.0. The van der Waals surface area contributed by atoms with E-state index in [1.807, 2.05) is 30.3 Å². The summed E-state index contributed by atoms with van der Waals surface area (Å²) >= 11 is 0. The van der Waals surface area contributed by atoms with Crippen molar-refractivity contribution in [3.63, 3.8) is 0 Å². The number of hydrogen-bond acceptors (Lipinski definition) is 5. The Kier molecular flexibility index (Phi) is 8.03. The van der Waals surface area contributed by atoms with Crippen LogP contribution in [0.25, 0.3) is 0 Å². The molecular weight excluding hydrogens is 397 g/mol. The van der Waals surface area contributed by atoms with Crippen LogP contribution in [0.2, 0.25) is 0 Å². The number of rotatable bonds is 9. The summed E-state index contributed by atoms with van der Waals surface area (Å²) in [6, 6.07) is 9.55. The number of hydrogen-bond donors (Lipinski definition) is 3. The van der Waals surface area contributed by atoms with Gasteiger partial charge in [-0.2, -0.15) is 0 Å². The van der Waals surface area contributed by atoms with Crippen molar-refractivity contribution in [1.29, 1.82) is 0 Å². The minimum absolute atomic E-state index is 0.0107. The Bertz CT molecular complexity index is 923. The minimum atomic E-state index is -0.507. The van der Waals surface area contributed by atoms with Crippen LogP contribution in [0, 0.1) is 12.7 Å². The zero-order valence-electron chi connectivity index (χ0n) is 18.0. The van der Waals surface area contributed by atoms with Crippen LogP contribution in [0.1, 0.15) is 39.9 Å². The summed E-state index contributed by atoms with van der Waals surface area (Å²) in [5, 5.41) is 5.98. The summed E-state index contributed by atoms with van der Waals surface area (Å²) in [5.41, 5.74) is 8.78. The molecule has 1 amide bonds. The molecule has 1 unspecified atom stereocenters. The Hall–Kier alpha value is -2.90. The van der Waals surface area contributed by atoms with E-state index >= 15 is 4.39 Å². The monoisotopic (exact) mass is 427 g/mol. The van der Waals surface area contributed by atoms with Crippen LogP contribution in [0.5, 0.6) is 5.75 Å². The number of anilines is 1. The van der Waals surface area contributed by atoms with Crippen molar-refractivity contribution in [3.8, 4) is 5.75 Å². The van der Waals surface area contributed by atoms with E-state index in [0.717, 1.165) is 29.7 Å². The van der Waals surface area contributed by atoms with Crippen LogP contribution in [0.3, 0.4) is 0 Å². The first-order chi connectivity index (χ1) is 15.0. The van der Waals surface area contributed by atoms with Crippen molar-refractivity contribution in [3.05, 3.63) is 70.7 Å². The smallest absolute Gasteiger partial charge is 0.255 e. The second-order valence-electron chi connectivity index (χ2n) is 7.56. The number of carbonyl (C=O) groups excluding carboxylic acids is 1. The summed E-state index contributed by atoms with van der Waals surface area (Å²) in [6.45, 7) is 3.29. The Morgan fingerprint density at radius 1 is 1.35 bits per heavy atom. The van der Waals surface area contributed by atoms with Crippen molar-refractivity contribution in [2.24, 2.45) is 5.73 Å². The molecule has 166 valence electrons. The molecule has 0 aliphatic carbocycles. The first-order valence-electron chi connectivity index (χ1n) is 10.5. The first-order valence-corrected chi connectivity index (χ1v) is 10.5. The van der Waals surface area contributed by atoms with E-state index in [9.17, 15) is 4.79 Å². The summed E-state index contributed by atoms with van der Waals surface area (Å²) < 4.78 is 25.8. The molecule has 1 fully saturated rings. The SMILES string of the molecule is COc1c(C(=O)NCC2CCCO2)cc(Cc2ccc(N/C=C\CN)cc2)c(C)c1F. The largest absolute Gasteiger partial charge is 0.493 e. The fraction of sp³-hybridized carbons (Fsp3) is 0.375. The number of methoxy groups -OCH3 is 1. The van der Waals surface area contributed by atoms with Crippen LogP contribution in [0.4, 0.5) is 10.1 Å². The van der Waals surface area contributed by atoms with Gasteiger partial charge in [-0.1, -0.05) is 18.2 Å². The molecule has 2 aromatic rings. The van der Waals surface area contributed by atoms with Gasteiger partial charge >= 0.3 is 0 Å². The van der Waals surface area contributed by atoms with Gasteiger partial charge in [0.2, 0.25) is 0 Å². The van der Waals surface area contributed by atoms with Gasteiger partial charge in [0.05, 0.1) is 18.8 Å². The lowest BCUT2D eigenvalue weighted by Crippen LogP contribution is -2.32. The number of benzene rings is 2. The molecule has 0 spiro atoms. The average molecular weight is 428 g/mol. The number of nitrogens with two attached hydrogens (primary N) is 1. The molecule has 3 rings (SSSR count). The van der Waals surface area contributed by atoms with Gasteiger partial charge in [0.25, 0.3) is 5.91 Å². The molecule has 0 aromatic heterocycles. The van der Waals surface area contributed by atoms with E-state index in [4.69, 9.17) is 15.2 Å². The van der Waals surface area contributed by atoms with E-state index < -0.39 is 5.82 Å². The Morgan fingerprint density at radius 3 is 2.77 bits per heavy atom. The van der Waals surface area contributed by atoms with Gasteiger partial charge in [0, 0.05) is 25.4 Å². The predicted molar refractivity (Wildman–Crippen MR) is 120 cm³/mol. The van der Waals surface area contributed by atoms with Gasteiger partial charge in [-0.15, -0.1) is 0 Å². The van der Waals surface area contributed by atoms with Crippen LogP contribution in [-0.2, 0) is 11.2 Å². The maximum Gasteiger partial charge on any atom is 0.255 e. The number of carbonyl (C=O) groups is 1. The van der Waals surface area contributed by atoms with Crippen LogP contribution in [-0.4, -0.2) is 38.8 Å². The highest BCUT2D eigenvalue weighted by Gasteiger charge is 2.23. The fourth-order valence-corrected chi connectivity index (χ4v) is 3.60. The molecule has 7 heteroatoms. The summed E-state index contributed by atoms with van der Waals surface area (Å²) in [5.74, 6) is -0.899. The number of nitrogens with one attached hydrogen (secondary N) is 2. The molecular formula is C24H30FN3O3. The summed E-state index contributed by atoms with van der Waals surface area (Å²) in [7, 11) is 1.37. The van der Waals surface area contributed by atoms with E-state index in [0.29, 0.717) is 31.7 Å². The standard InChI is InChI=1S/C24H30FN3O3/c1-16-18(13-17-6-8-19(9-7-17)27-11-4-10-26)14-21(23(30-2)22(16)25)24(29)28-15-20-5-3-12-31-20/h4,6-9,11,14,20,27H,3,5,10,12-13,15,26H2,1-2H3,(H,28,29)/b11-4-. The van der Waals surface area contributed by atoms with E-state index in [1.54, 1.807) is 19.2 Å². The lowest BCUT2D eigenvalue weighted by molar-refractivity contribution is 0.0854. The quantitative estimate of drug-likeness (QED) is 0.570. The van der Waals surface area contributed by atoms with Gasteiger partial charge in [-0.25, -0.2) is 4.39 Å². The molecule has 31 heavy (non-hydrogen) atoms. The molecule has 2 aromatic carbocycles. The maximum absolute atomic E-state index is 15.0. The molecule has 4 N–H and O–H groups in total. The van der Waals surface area contributed by atoms with E-state index in [1.165, 1.54) is 7.11 Å². The van der Waals surface area contributed by atoms with Gasteiger partial charge in [0.15, 0.2) is 11.6 Å². The van der Waals surface area contributed by atoms with E-state index in [2.05, 4.69) is 10.6 Å². The lowest BCUT2D eigenvalue weighted by Gasteiger charge is -2.17. The molecule has 1 aliphatic heterocycles. The normalized spacial score (nSPS) is 15.9. The third-order valence-electron chi connectivity index (χ3n) is 5.39. The number of ether oxygens (including phenoxy) is 2. The van der Waals surface area contributed by atoms with Crippen LogP contribution in [0.15, 0.2) is 42.6 Å². The van der Waals surface area contributed by atoms with Crippen molar-refractivity contribution in [1.82, 2.24) is 5.32 Å². The molecule has 1 saturated heterocycles. The number of halogens is 1. The van der Waals surface area contributed by atoms with E-state index in [-0.39, 0.29) is 23.3 Å². The minimum Gasteiger partial charge on any atom is -0.493 e. The molecule has 0 saturated carbocycles. The second-order valence-corrected chi connectivity index (χ2v) is 7.56. The third kappa shape index (κ3) is 5.83. The summed E-state index contributed by atoms with van der Waals surface area (Å²) in [4.78, 5) is 12.8. The average Bonchev–Trinajstić information content (AvgIpc) is 3.30. The van der Waals surface area contributed by atoms with Crippen molar-refractivity contribution >= 4 is 11.6 Å². The van der Waals surface area contributed by atoms with Gasteiger partial charge < -0.3 is 25.8 Å². The first kappa shape index (κ1) is 22.8. The summed E-state index contributed by atoms with van der Waals surface area (Å²) in [6.07, 6.45) is 6.03. The molecule has 0 radical (unpaired) electrons. The zero-order valence-corrected chi connectivity index (χ0v) is 18.0. The van der Waals surface area contributed by atoms with Gasteiger partial charge in [-0.3, -0.25) is 4.79 Å². The van der Waals surface area contributed by atoms with Crippen molar-refractivity contribution in [2.75, 3.05) is 32.1 Å². The molecule has 6 nitrogen and oxygen atoms in total. The van der Waals surface area contributed by atoms with Gasteiger partial charge in [-0.05, 0) is 67.3 Å². The van der Waals surface area contributed by atoms with Crippen LogP contribution >= 0.6 is 0 Å². The van der Waals surface area contributed by atoms with Crippen molar-refractivity contribution < 1.29 is 18.7 Å². The molecule has 0 bridgehead atoms. The molecule has 1 atom stereocenters. The van der Waals surface area contributed by atoms with Crippen molar-refractivity contribution in [2.45, 2.75) is 32.3 Å². The third-order valence-corrected chi connectivity index (χ3v) is 5.39. The lowest BCUT2D eigenvalue weighted by atomic mass is 9.96. The molecule has 1 heterocycles. The predicted octanol–water partition coefficient (Wildman–Crippen LogP) is 3.53. The Morgan fingerprint density at radius 2 is 2.13 bits per heavy atom. The fourth-order valence-electron chi connectivity index (χ4n) is 3.60. The zero-order chi connectivity index (χ0) is 22.2.